The predicted molar refractivity (Wildman–Crippen MR) is 91.6 cm³/mol. The Hall–Kier alpha value is -2.75. The fourth-order valence-corrected chi connectivity index (χ4v) is 2.25. The third kappa shape index (κ3) is 4.61. The van der Waals surface area contributed by atoms with Gasteiger partial charge in [-0.05, 0) is 36.8 Å². The molecule has 0 aliphatic heterocycles. The van der Waals surface area contributed by atoms with Crippen molar-refractivity contribution in [1.82, 2.24) is 5.32 Å². The van der Waals surface area contributed by atoms with Gasteiger partial charge in [0, 0.05) is 11.6 Å². The molecule has 0 saturated carbocycles. The van der Waals surface area contributed by atoms with E-state index in [1.165, 1.54) is 6.08 Å². The standard InChI is InChI=1S/C19H21NO3/c1-14(17-13-16(22-2)10-11-18(17)23-3)20-19(21)12-9-15-7-5-4-6-8-15/h4-14H,1-3H3,(H,20,21)/b12-9+/t14-/m0/s1. The number of carbonyl (C=O) groups is 1. The van der Waals surface area contributed by atoms with Crippen LogP contribution in [0.15, 0.2) is 54.6 Å². The van der Waals surface area contributed by atoms with E-state index in [0.29, 0.717) is 5.75 Å². The van der Waals surface area contributed by atoms with Crippen molar-refractivity contribution in [2.45, 2.75) is 13.0 Å². The Morgan fingerprint density at radius 2 is 1.83 bits per heavy atom. The van der Waals surface area contributed by atoms with Gasteiger partial charge in [-0.15, -0.1) is 0 Å². The Morgan fingerprint density at radius 3 is 2.48 bits per heavy atom. The molecule has 1 atom stereocenters. The summed E-state index contributed by atoms with van der Waals surface area (Å²) in [6.45, 7) is 1.91. The summed E-state index contributed by atoms with van der Waals surface area (Å²) in [7, 11) is 3.21. The molecule has 4 nitrogen and oxygen atoms in total. The van der Waals surface area contributed by atoms with E-state index in [2.05, 4.69) is 5.32 Å². The van der Waals surface area contributed by atoms with E-state index in [-0.39, 0.29) is 11.9 Å². The van der Waals surface area contributed by atoms with Gasteiger partial charge in [0.2, 0.25) is 5.91 Å². The van der Waals surface area contributed by atoms with Gasteiger partial charge in [-0.25, -0.2) is 0 Å². The number of carbonyl (C=O) groups excluding carboxylic acids is 1. The topological polar surface area (TPSA) is 47.6 Å². The lowest BCUT2D eigenvalue weighted by molar-refractivity contribution is -0.117. The normalized spacial score (nSPS) is 12.0. The average molecular weight is 311 g/mol. The molecule has 23 heavy (non-hydrogen) atoms. The summed E-state index contributed by atoms with van der Waals surface area (Å²) in [5, 5.41) is 2.93. The van der Waals surface area contributed by atoms with Crippen LogP contribution in [0, 0.1) is 0 Å². The van der Waals surface area contributed by atoms with Gasteiger partial charge in [0.15, 0.2) is 0 Å². The zero-order valence-electron chi connectivity index (χ0n) is 13.6. The molecule has 0 saturated heterocycles. The Bertz CT molecular complexity index is 680. The summed E-state index contributed by atoms with van der Waals surface area (Å²) >= 11 is 0. The molecular weight excluding hydrogens is 290 g/mol. The van der Waals surface area contributed by atoms with Gasteiger partial charge < -0.3 is 14.8 Å². The Morgan fingerprint density at radius 1 is 1.09 bits per heavy atom. The maximum Gasteiger partial charge on any atom is 0.244 e. The van der Waals surface area contributed by atoms with Crippen molar-refractivity contribution < 1.29 is 14.3 Å². The van der Waals surface area contributed by atoms with Crippen molar-refractivity contribution in [2.75, 3.05) is 14.2 Å². The molecule has 4 heteroatoms. The van der Waals surface area contributed by atoms with E-state index in [9.17, 15) is 4.79 Å². The first-order valence-corrected chi connectivity index (χ1v) is 7.39. The molecule has 2 rings (SSSR count). The largest absolute Gasteiger partial charge is 0.497 e. The predicted octanol–water partition coefficient (Wildman–Crippen LogP) is 3.59. The summed E-state index contributed by atoms with van der Waals surface area (Å²) in [4.78, 5) is 12.1. The number of rotatable bonds is 6. The van der Waals surface area contributed by atoms with E-state index in [1.54, 1.807) is 20.3 Å². The third-order valence-corrected chi connectivity index (χ3v) is 3.49. The minimum Gasteiger partial charge on any atom is -0.497 e. The van der Waals surface area contributed by atoms with Crippen LogP contribution < -0.4 is 14.8 Å². The van der Waals surface area contributed by atoms with E-state index >= 15 is 0 Å². The second kappa shape index (κ2) is 8.03. The summed E-state index contributed by atoms with van der Waals surface area (Å²) in [6, 6.07) is 15.0. The molecular formula is C19H21NO3. The smallest absolute Gasteiger partial charge is 0.244 e. The molecule has 0 unspecified atom stereocenters. The zero-order chi connectivity index (χ0) is 16.7. The molecule has 0 fully saturated rings. The highest BCUT2D eigenvalue weighted by Crippen LogP contribution is 2.29. The first-order valence-electron chi connectivity index (χ1n) is 7.39. The molecule has 0 aromatic heterocycles. The maximum absolute atomic E-state index is 12.1. The lowest BCUT2D eigenvalue weighted by Crippen LogP contribution is -2.25. The number of benzene rings is 2. The Kier molecular flexibility index (Phi) is 5.80. The SMILES string of the molecule is COc1ccc(OC)c([C@H](C)NC(=O)/C=C/c2ccccc2)c1. The van der Waals surface area contributed by atoms with Crippen LogP contribution in [0.3, 0.4) is 0 Å². The second-order valence-electron chi connectivity index (χ2n) is 5.08. The summed E-state index contributed by atoms with van der Waals surface area (Å²) in [5.41, 5.74) is 1.85. The number of amides is 1. The van der Waals surface area contributed by atoms with Crippen LogP contribution in [0.2, 0.25) is 0 Å². The van der Waals surface area contributed by atoms with Gasteiger partial charge in [0.05, 0.1) is 20.3 Å². The van der Waals surface area contributed by atoms with Crippen LogP contribution in [-0.2, 0) is 4.79 Å². The van der Waals surface area contributed by atoms with Crippen molar-refractivity contribution in [3.05, 3.63) is 65.7 Å². The van der Waals surface area contributed by atoms with Crippen molar-refractivity contribution in [2.24, 2.45) is 0 Å². The summed E-state index contributed by atoms with van der Waals surface area (Å²) in [5.74, 6) is 1.28. The van der Waals surface area contributed by atoms with Crippen LogP contribution in [-0.4, -0.2) is 20.1 Å². The maximum atomic E-state index is 12.1. The minimum atomic E-state index is -0.201. The Balaban J connectivity index is 2.07. The lowest BCUT2D eigenvalue weighted by Gasteiger charge is -2.17. The van der Waals surface area contributed by atoms with Crippen molar-refractivity contribution in [1.29, 1.82) is 0 Å². The van der Waals surface area contributed by atoms with Gasteiger partial charge in [0.1, 0.15) is 11.5 Å². The number of ether oxygens (including phenoxy) is 2. The first-order chi connectivity index (χ1) is 11.1. The average Bonchev–Trinajstić information content (AvgIpc) is 2.60. The minimum absolute atomic E-state index is 0.161. The van der Waals surface area contributed by atoms with Crippen LogP contribution in [0.4, 0.5) is 0 Å². The molecule has 0 aliphatic carbocycles. The van der Waals surface area contributed by atoms with E-state index < -0.39 is 0 Å². The van der Waals surface area contributed by atoms with Gasteiger partial charge in [0.25, 0.3) is 0 Å². The van der Waals surface area contributed by atoms with Crippen LogP contribution in [0.1, 0.15) is 24.1 Å². The summed E-state index contributed by atoms with van der Waals surface area (Å²) < 4.78 is 10.6. The molecule has 0 bridgehead atoms. The van der Waals surface area contributed by atoms with Gasteiger partial charge in [-0.3, -0.25) is 4.79 Å². The van der Waals surface area contributed by atoms with Gasteiger partial charge in [-0.2, -0.15) is 0 Å². The first kappa shape index (κ1) is 16.6. The van der Waals surface area contributed by atoms with E-state index in [4.69, 9.17) is 9.47 Å². The molecule has 2 aromatic rings. The fourth-order valence-electron chi connectivity index (χ4n) is 2.25. The molecule has 120 valence electrons. The summed E-state index contributed by atoms with van der Waals surface area (Å²) in [6.07, 6.45) is 3.31. The number of methoxy groups -OCH3 is 2. The Labute approximate surface area is 136 Å². The number of hydrogen-bond donors (Lipinski definition) is 1. The van der Waals surface area contributed by atoms with Crippen LogP contribution >= 0.6 is 0 Å². The monoisotopic (exact) mass is 311 g/mol. The van der Waals surface area contributed by atoms with Gasteiger partial charge in [-0.1, -0.05) is 30.3 Å². The van der Waals surface area contributed by atoms with E-state index in [0.717, 1.165) is 16.9 Å². The molecule has 0 spiro atoms. The molecule has 2 aromatic carbocycles. The molecule has 0 radical (unpaired) electrons. The molecule has 0 aliphatic rings. The van der Waals surface area contributed by atoms with Crippen LogP contribution in [0.25, 0.3) is 6.08 Å². The molecule has 1 N–H and O–H groups in total. The van der Waals surface area contributed by atoms with Crippen molar-refractivity contribution >= 4 is 12.0 Å². The second-order valence-corrected chi connectivity index (χ2v) is 5.08. The molecule has 1 amide bonds. The lowest BCUT2D eigenvalue weighted by atomic mass is 10.1. The number of nitrogens with one attached hydrogen (secondary N) is 1. The highest BCUT2D eigenvalue weighted by Gasteiger charge is 2.14. The highest BCUT2D eigenvalue weighted by atomic mass is 16.5. The zero-order valence-corrected chi connectivity index (χ0v) is 13.6. The quantitative estimate of drug-likeness (QED) is 0.829. The van der Waals surface area contributed by atoms with Crippen molar-refractivity contribution in [3.63, 3.8) is 0 Å². The van der Waals surface area contributed by atoms with E-state index in [1.807, 2.05) is 55.5 Å². The number of hydrogen-bond acceptors (Lipinski definition) is 3. The third-order valence-electron chi connectivity index (χ3n) is 3.49. The highest BCUT2D eigenvalue weighted by molar-refractivity contribution is 5.92. The molecule has 0 heterocycles. The fraction of sp³-hybridized carbons (Fsp3) is 0.211. The van der Waals surface area contributed by atoms with Crippen LogP contribution in [0.5, 0.6) is 11.5 Å². The van der Waals surface area contributed by atoms with Crippen molar-refractivity contribution in [3.8, 4) is 11.5 Å². The van der Waals surface area contributed by atoms with Gasteiger partial charge >= 0.3 is 0 Å².